The van der Waals surface area contributed by atoms with Gasteiger partial charge in [-0.1, -0.05) is 42.8 Å². The molecular formula is C12H10NO2Y+2. The Bertz CT molecular complexity index is 525. The van der Waals surface area contributed by atoms with Gasteiger partial charge in [-0.2, -0.15) is 0 Å². The van der Waals surface area contributed by atoms with Crippen molar-refractivity contribution >= 4 is 16.9 Å². The van der Waals surface area contributed by atoms with Crippen LogP contribution in [0.25, 0.3) is 10.9 Å². The molecule has 0 spiro atoms. The molecule has 0 unspecified atom stereocenters. The van der Waals surface area contributed by atoms with Crippen molar-refractivity contribution in [1.82, 2.24) is 4.98 Å². The number of aromatic nitrogens is 1. The van der Waals surface area contributed by atoms with Crippen LogP contribution in [0.5, 0.6) is 0 Å². The Hall–Kier alpha value is -0.796. The van der Waals surface area contributed by atoms with Crippen LogP contribution in [-0.4, -0.2) is 18.1 Å². The van der Waals surface area contributed by atoms with E-state index in [2.05, 4.69) is 11.2 Å². The second-order valence-corrected chi connectivity index (χ2v) is 3.23. The first kappa shape index (κ1) is 13.3. The van der Waals surface area contributed by atoms with Gasteiger partial charge in [0.2, 0.25) is 0 Å². The van der Waals surface area contributed by atoms with E-state index in [4.69, 9.17) is 4.74 Å². The summed E-state index contributed by atoms with van der Waals surface area (Å²) in [5.74, 6) is -0.345. The number of ether oxygens (including phenoxy) is 1. The second-order valence-electron chi connectivity index (χ2n) is 3.23. The van der Waals surface area contributed by atoms with Crippen molar-refractivity contribution in [3.8, 4) is 0 Å². The minimum Gasteiger partial charge on any atom is -0.475 e. The van der Waals surface area contributed by atoms with Crippen LogP contribution in [0.1, 0.15) is 15.9 Å². The molecule has 1 aromatic carbocycles. The number of pyridine rings is 1. The third kappa shape index (κ3) is 2.31. The molecular weight excluding hydrogens is 279 g/mol. The van der Waals surface area contributed by atoms with E-state index < -0.39 is 0 Å². The number of carbonyl (C=O) groups is 1. The molecule has 4 heteroatoms. The Morgan fingerprint density at radius 1 is 1.38 bits per heavy atom. The molecule has 0 N–H and O–H groups in total. The summed E-state index contributed by atoms with van der Waals surface area (Å²) in [4.78, 5) is 15.7. The zero-order valence-electron chi connectivity index (χ0n) is 9.15. The Balaban J connectivity index is 0.00000128. The number of benzene rings is 1. The maximum atomic E-state index is 11.6. The van der Waals surface area contributed by atoms with Gasteiger partial charge in [0.05, 0.1) is 7.11 Å². The Kier molecular flexibility index (Phi) is 4.57. The molecule has 2 aromatic rings. The van der Waals surface area contributed by atoms with E-state index in [1.807, 2.05) is 24.3 Å². The maximum Gasteiger partial charge on any atom is 3.00 e. The average molecular weight is 289 g/mol. The Morgan fingerprint density at radius 3 is 2.75 bits per heavy atom. The normalized spacial score (nSPS) is 9.62. The van der Waals surface area contributed by atoms with E-state index in [1.54, 1.807) is 6.92 Å². The van der Waals surface area contributed by atoms with Gasteiger partial charge in [-0.05, 0) is 11.1 Å². The summed E-state index contributed by atoms with van der Waals surface area (Å²) in [6, 6.07) is 7.45. The largest absolute Gasteiger partial charge is 3.00 e. The number of fused-ring (bicyclic) bond motifs is 1. The van der Waals surface area contributed by atoms with Crippen molar-refractivity contribution in [2.24, 2.45) is 0 Å². The van der Waals surface area contributed by atoms with Gasteiger partial charge in [0, 0.05) is 0 Å². The monoisotopic (exact) mass is 289 g/mol. The molecule has 1 aromatic heterocycles. The molecule has 0 saturated heterocycles. The van der Waals surface area contributed by atoms with Gasteiger partial charge in [-0.15, -0.1) is 5.56 Å². The molecule has 3 nitrogen and oxygen atoms in total. The van der Waals surface area contributed by atoms with Crippen LogP contribution >= 0.6 is 0 Å². The summed E-state index contributed by atoms with van der Waals surface area (Å²) in [6.07, 6.45) is 2.81. The Morgan fingerprint density at radius 2 is 2.06 bits per heavy atom. The van der Waals surface area contributed by atoms with Gasteiger partial charge in [-0.3, -0.25) is 4.79 Å². The number of carbonyl (C=O) groups excluding carboxylic acids is 1. The first-order valence-electron chi connectivity index (χ1n) is 4.59. The van der Waals surface area contributed by atoms with Crippen molar-refractivity contribution in [3.63, 3.8) is 0 Å². The minimum absolute atomic E-state index is 0. The smallest absolute Gasteiger partial charge is 0.475 e. The first-order valence-corrected chi connectivity index (χ1v) is 4.59. The van der Waals surface area contributed by atoms with Crippen LogP contribution in [0.4, 0.5) is 0 Å². The summed E-state index contributed by atoms with van der Waals surface area (Å²) in [5, 5.41) is 0.806. The van der Waals surface area contributed by atoms with Crippen LogP contribution in [-0.2, 0) is 37.4 Å². The number of rotatable bonds is 1. The van der Waals surface area contributed by atoms with Crippen LogP contribution < -0.4 is 0 Å². The maximum absolute atomic E-state index is 11.6. The van der Waals surface area contributed by atoms with Crippen LogP contribution in [0.2, 0.25) is 0 Å². The van der Waals surface area contributed by atoms with Crippen LogP contribution in [0.3, 0.4) is 0 Å². The number of esters is 1. The molecule has 0 saturated carbocycles. The van der Waals surface area contributed by atoms with E-state index in [-0.39, 0.29) is 38.7 Å². The van der Waals surface area contributed by atoms with E-state index in [9.17, 15) is 4.79 Å². The summed E-state index contributed by atoms with van der Waals surface area (Å²) in [5.41, 5.74) is 2.01. The molecule has 0 aliphatic rings. The minimum atomic E-state index is -0.345. The number of para-hydroxylation sites is 1. The number of methoxy groups -OCH3 is 1. The third-order valence-electron chi connectivity index (χ3n) is 2.28. The van der Waals surface area contributed by atoms with Gasteiger partial charge < -0.3 is 9.72 Å². The summed E-state index contributed by atoms with van der Waals surface area (Å²) < 4.78 is 4.74. The van der Waals surface area contributed by atoms with Gasteiger partial charge in [0.25, 0.3) is 5.97 Å². The number of hydrogen-bond acceptors (Lipinski definition) is 3. The third-order valence-corrected chi connectivity index (χ3v) is 2.28. The van der Waals surface area contributed by atoms with E-state index >= 15 is 0 Å². The van der Waals surface area contributed by atoms with Crippen molar-refractivity contribution in [3.05, 3.63) is 41.6 Å². The fraction of sp³-hybridized carbons (Fsp3) is 0.167. The summed E-state index contributed by atoms with van der Waals surface area (Å²) in [6.45, 7) is 1.80. The molecule has 16 heavy (non-hydrogen) atoms. The number of hydrogen-bond donors (Lipinski definition) is 0. The molecule has 1 heterocycles. The molecule has 76 valence electrons. The van der Waals surface area contributed by atoms with Gasteiger partial charge in [0.1, 0.15) is 0 Å². The number of aryl methyl sites for hydroxylation is 1. The topological polar surface area (TPSA) is 39.2 Å². The second kappa shape index (κ2) is 5.51. The fourth-order valence-electron chi connectivity index (χ4n) is 1.55. The van der Waals surface area contributed by atoms with E-state index in [0.717, 1.165) is 10.9 Å². The predicted octanol–water partition coefficient (Wildman–Crippen LogP) is 2.13. The standard InChI is InChI=1S/C12H10NO2.Y/c1-8-7-13-10-6-4-3-5-9(10)11(8)12(14)15-2;/h3-6H,1-2H3;/q-1;+3. The van der Waals surface area contributed by atoms with Gasteiger partial charge >= 0.3 is 32.7 Å². The molecule has 0 radical (unpaired) electrons. The van der Waals surface area contributed by atoms with Crippen molar-refractivity contribution in [1.29, 1.82) is 0 Å². The summed E-state index contributed by atoms with van der Waals surface area (Å²) >= 11 is 0. The zero-order chi connectivity index (χ0) is 10.8. The number of nitrogens with zero attached hydrogens (tertiary/aromatic N) is 1. The van der Waals surface area contributed by atoms with E-state index in [1.165, 1.54) is 7.11 Å². The molecule has 0 amide bonds. The van der Waals surface area contributed by atoms with Crippen LogP contribution in [0, 0.1) is 13.1 Å². The fourth-order valence-corrected chi connectivity index (χ4v) is 1.55. The quantitative estimate of drug-likeness (QED) is 0.596. The van der Waals surface area contributed by atoms with Crippen LogP contribution in [0.15, 0.2) is 24.3 Å². The van der Waals surface area contributed by atoms with E-state index in [0.29, 0.717) is 11.1 Å². The summed E-state index contributed by atoms with van der Waals surface area (Å²) in [7, 11) is 1.37. The molecule has 0 bridgehead atoms. The SMILES string of the molecule is COC(=O)c1c(C)[c-]nc2ccccc12.[Y+3]. The molecule has 2 rings (SSSR count). The molecule has 0 aliphatic carbocycles. The first-order chi connectivity index (χ1) is 7.24. The zero-order valence-corrected chi connectivity index (χ0v) is 12.0. The molecule has 0 fully saturated rings. The van der Waals surface area contributed by atoms with Crippen molar-refractivity contribution in [2.75, 3.05) is 7.11 Å². The average Bonchev–Trinajstić information content (AvgIpc) is 2.28. The van der Waals surface area contributed by atoms with Crippen molar-refractivity contribution < 1.29 is 42.2 Å². The Labute approximate surface area is 119 Å². The van der Waals surface area contributed by atoms with Gasteiger partial charge in [0.15, 0.2) is 0 Å². The van der Waals surface area contributed by atoms with Crippen molar-refractivity contribution in [2.45, 2.75) is 6.92 Å². The molecule has 0 atom stereocenters. The predicted molar refractivity (Wildman–Crippen MR) is 56.7 cm³/mol. The van der Waals surface area contributed by atoms with Gasteiger partial charge in [-0.25, -0.2) is 0 Å². The molecule has 0 aliphatic heterocycles.